The minimum atomic E-state index is -1.05. The maximum atomic E-state index is 10.7. The molecule has 1 aromatic rings. The van der Waals surface area contributed by atoms with Crippen LogP contribution in [-0.4, -0.2) is 34.6 Å². The van der Waals surface area contributed by atoms with Crippen molar-refractivity contribution in [2.24, 2.45) is 0 Å². The average Bonchev–Trinajstić information content (AvgIpc) is 2.30. The number of aromatic nitrogens is 1. The second-order valence-corrected chi connectivity index (χ2v) is 4.55. The number of nitrogens with zero attached hydrogens (tertiary/aromatic N) is 1. The molecule has 0 fully saturated rings. The molecule has 17 heavy (non-hydrogen) atoms. The molecule has 0 saturated heterocycles. The van der Waals surface area contributed by atoms with Crippen LogP contribution in [0.4, 0.5) is 11.5 Å². The zero-order valence-corrected chi connectivity index (χ0v) is 10.6. The summed E-state index contributed by atoms with van der Waals surface area (Å²) in [7, 11) is 0. The van der Waals surface area contributed by atoms with Gasteiger partial charge in [-0.3, -0.25) is 0 Å². The number of hydrogen-bond donors (Lipinski definition) is 3. The first-order valence-corrected chi connectivity index (χ1v) is 6.77. The van der Waals surface area contributed by atoms with Crippen molar-refractivity contribution in [3.05, 3.63) is 17.8 Å². The monoisotopic (exact) mass is 255 g/mol. The fraction of sp³-hybridized carbons (Fsp3) is 0.455. The minimum Gasteiger partial charge on any atom is -0.477 e. The summed E-state index contributed by atoms with van der Waals surface area (Å²) in [4.78, 5) is 14.7. The molecule has 4 N–H and O–H groups in total. The van der Waals surface area contributed by atoms with Gasteiger partial charge in [-0.1, -0.05) is 0 Å². The molecule has 0 aromatic carbocycles. The number of thioether (sulfide) groups is 1. The molecule has 0 spiro atoms. The Morgan fingerprint density at radius 3 is 2.94 bits per heavy atom. The van der Waals surface area contributed by atoms with E-state index in [9.17, 15) is 4.79 Å². The van der Waals surface area contributed by atoms with Crippen LogP contribution in [0.5, 0.6) is 0 Å². The third-order valence-electron chi connectivity index (χ3n) is 2.21. The van der Waals surface area contributed by atoms with E-state index >= 15 is 0 Å². The Morgan fingerprint density at radius 1 is 1.53 bits per heavy atom. The van der Waals surface area contributed by atoms with E-state index in [1.807, 2.05) is 11.8 Å². The standard InChI is InChI=1S/C11H17N3O2S/c1-17-7-3-2-6-13-10-8(12)4-5-9(14-10)11(15)16/h4-5H,2-3,6-7,12H2,1H3,(H,13,14)(H,15,16). The molecule has 0 aliphatic carbocycles. The number of nitrogen functional groups attached to an aromatic ring is 1. The molecular weight excluding hydrogens is 238 g/mol. The van der Waals surface area contributed by atoms with E-state index < -0.39 is 5.97 Å². The Balaban J connectivity index is 2.51. The first-order chi connectivity index (χ1) is 8.15. The molecule has 0 aliphatic heterocycles. The third kappa shape index (κ3) is 4.52. The topological polar surface area (TPSA) is 88.2 Å². The van der Waals surface area contributed by atoms with Crippen LogP contribution in [0.1, 0.15) is 23.3 Å². The highest BCUT2D eigenvalue weighted by Gasteiger charge is 2.07. The van der Waals surface area contributed by atoms with Crippen molar-refractivity contribution in [3.63, 3.8) is 0 Å². The molecule has 6 heteroatoms. The lowest BCUT2D eigenvalue weighted by molar-refractivity contribution is 0.0690. The van der Waals surface area contributed by atoms with Gasteiger partial charge in [-0.25, -0.2) is 9.78 Å². The van der Waals surface area contributed by atoms with E-state index in [1.165, 1.54) is 6.07 Å². The Morgan fingerprint density at radius 2 is 2.29 bits per heavy atom. The van der Waals surface area contributed by atoms with Gasteiger partial charge in [0.15, 0.2) is 5.69 Å². The van der Waals surface area contributed by atoms with Crippen molar-refractivity contribution in [2.75, 3.05) is 29.6 Å². The second-order valence-electron chi connectivity index (χ2n) is 3.57. The number of aromatic carboxylic acids is 1. The second kappa shape index (κ2) is 7.01. The van der Waals surface area contributed by atoms with Crippen LogP contribution in [0.3, 0.4) is 0 Å². The number of carboxylic acids is 1. The predicted octanol–water partition coefficient (Wildman–Crippen LogP) is 1.92. The fourth-order valence-electron chi connectivity index (χ4n) is 1.31. The van der Waals surface area contributed by atoms with Crippen molar-refractivity contribution in [1.82, 2.24) is 4.98 Å². The van der Waals surface area contributed by atoms with E-state index in [-0.39, 0.29) is 5.69 Å². The maximum Gasteiger partial charge on any atom is 0.354 e. The number of rotatable bonds is 7. The molecule has 0 saturated carbocycles. The van der Waals surface area contributed by atoms with E-state index in [0.29, 0.717) is 11.5 Å². The minimum absolute atomic E-state index is 0.00538. The van der Waals surface area contributed by atoms with Crippen LogP contribution in [0.2, 0.25) is 0 Å². The first-order valence-electron chi connectivity index (χ1n) is 5.37. The van der Waals surface area contributed by atoms with Gasteiger partial charge in [-0.15, -0.1) is 0 Å². The number of unbranched alkanes of at least 4 members (excludes halogenated alkanes) is 1. The van der Waals surface area contributed by atoms with Crippen molar-refractivity contribution in [2.45, 2.75) is 12.8 Å². The van der Waals surface area contributed by atoms with Crippen LogP contribution in [0.25, 0.3) is 0 Å². The summed E-state index contributed by atoms with van der Waals surface area (Å²) in [5.74, 6) is 0.532. The molecule has 0 unspecified atom stereocenters. The quantitative estimate of drug-likeness (QED) is 0.645. The molecule has 1 heterocycles. The summed E-state index contributed by atoms with van der Waals surface area (Å²) in [6, 6.07) is 2.96. The number of hydrogen-bond acceptors (Lipinski definition) is 5. The molecule has 0 atom stereocenters. The summed E-state index contributed by atoms with van der Waals surface area (Å²) in [5, 5.41) is 11.9. The van der Waals surface area contributed by atoms with Gasteiger partial charge in [0.1, 0.15) is 5.82 Å². The van der Waals surface area contributed by atoms with Gasteiger partial charge in [0.05, 0.1) is 5.69 Å². The predicted molar refractivity (Wildman–Crippen MR) is 71.7 cm³/mol. The van der Waals surface area contributed by atoms with Gasteiger partial charge < -0.3 is 16.2 Å². The summed E-state index contributed by atoms with van der Waals surface area (Å²) >= 11 is 1.81. The van der Waals surface area contributed by atoms with E-state index in [0.717, 1.165) is 25.1 Å². The highest BCUT2D eigenvalue weighted by molar-refractivity contribution is 7.98. The maximum absolute atomic E-state index is 10.7. The fourth-order valence-corrected chi connectivity index (χ4v) is 1.80. The average molecular weight is 255 g/mol. The number of carbonyl (C=O) groups is 1. The molecular formula is C11H17N3O2S. The molecule has 94 valence electrons. The Bertz CT molecular complexity index is 385. The molecule has 5 nitrogen and oxygen atoms in total. The van der Waals surface area contributed by atoms with Gasteiger partial charge in [0, 0.05) is 6.54 Å². The van der Waals surface area contributed by atoms with Crippen molar-refractivity contribution in [1.29, 1.82) is 0 Å². The molecule has 1 aromatic heterocycles. The summed E-state index contributed by atoms with van der Waals surface area (Å²) in [5.41, 5.74) is 6.19. The summed E-state index contributed by atoms with van der Waals surface area (Å²) < 4.78 is 0. The van der Waals surface area contributed by atoms with Crippen LogP contribution >= 0.6 is 11.8 Å². The number of nitrogens with two attached hydrogens (primary N) is 1. The third-order valence-corrected chi connectivity index (χ3v) is 2.91. The molecule has 0 amide bonds. The smallest absolute Gasteiger partial charge is 0.354 e. The van der Waals surface area contributed by atoms with Crippen molar-refractivity contribution >= 4 is 29.2 Å². The Kier molecular flexibility index (Phi) is 5.62. The Labute approximate surface area is 105 Å². The van der Waals surface area contributed by atoms with Crippen molar-refractivity contribution < 1.29 is 9.90 Å². The SMILES string of the molecule is CSCCCCNc1nc(C(=O)O)ccc1N. The normalized spacial score (nSPS) is 10.2. The highest BCUT2D eigenvalue weighted by atomic mass is 32.2. The number of anilines is 2. The lowest BCUT2D eigenvalue weighted by Gasteiger charge is -2.08. The molecule has 0 bridgehead atoms. The largest absolute Gasteiger partial charge is 0.477 e. The van der Waals surface area contributed by atoms with E-state index in [2.05, 4.69) is 16.6 Å². The van der Waals surface area contributed by atoms with Crippen molar-refractivity contribution in [3.8, 4) is 0 Å². The summed E-state index contributed by atoms with van der Waals surface area (Å²) in [6.45, 7) is 0.751. The van der Waals surface area contributed by atoms with E-state index in [1.54, 1.807) is 6.07 Å². The molecule has 1 rings (SSSR count). The van der Waals surface area contributed by atoms with Crippen LogP contribution in [-0.2, 0) is 0 Å². The number of pyridine rings is 1. The van der Waals surface area contributed by atoms with Crippen LogP contribution < -0.4 is 11.1 Å². The van der Waals surface area contributed by atoms with Gasteiger partial charge in [0.25, 0.3) is 0 Å². The molecule has 0 aliphatic rings. The lowest BCUT2D eigenvalue weighted by atomic mass is 10.3. The first kappa shape index (κ1) is 13.6. The molecule has 0 radical (unpaired) electrons. The van der Waals surface area contributed by atoms with Gasteiger partial charge in [0.2, 0.25) is 0 Å². The zero-order chi connectivity index (χ0) is 12.7. The Hall–Kier alpha value is -1.43. The van der Waals surface area contributed by atoms with Crippen LogP contribution in [0, 0.1) is 0 Å². The highest BCUT2D eigenvalue weighted by Crippen LogP contribution is 2.15. The lowest BCUT2D eigenvalue weighted by Crippen LogP contribution is -2.09. The van der Waals surface area contributed by atoms with Gasteiger partial charge >= 0.3 is 5.97 Å². The van der Waals surface area contributed by atoms with Gasteiger partial charge in [-0.05, 0) is 37.0 Å². The van der Waals surface area contributed by atoms with Gasteiger partial charge in [-0.2, -0.15) is 11.8 Å². The number of nitrogens with one attached hydrogen (secondary N) is 1. The number of carboxylic acid groups (broad SMARTS) is 1. The van der Waals surface area contributed by atoms with Crippen LogP contribution in [0.15, 0.2) is 12.1 Å². The van der Waals surface area contributed by atoms with E-state index in [4.69, 9.17) is 10.8 Å². The zero-order valence-electron chi connectivity index (χ0n) is 9.77. The summed E-state index contributed by atoms with van der Waals surface area (Å²) in [6.07, 6.45) is 4.20.